The molecule has 0 atom stereocenters. The number of nitrogens with zero attached hydrogens (tertiary/aromatic N) is 6. The summed E-state index contributed by atoms with van der Waals surface area (Å²) in [6.45, 7) is 0. The fraction of sp³-hybridized carbons (Fsp3) is 0.0345. The van der Waals surface area contributed by atoms with E-state index in [1.807, 2.05) is 255 Å². The summed E-state index contributed by atoms with van der Waals surface area (Å²) in [5, 5.41) is 107. The van der Waals surface area contributed by atoms with Gasteiger partial charge in [0.15, 0.2) is 0 Å². The number of hydrogen-bond donors (Lipinski definition) is 3. The molecule has 0 heterocycles. The van der Waals surface area contributed by atoms with Gasteiger partial charge in [0.05, 0.1) is 34.1 Å². The van der Waals surface area contributed by atoms with Gasteiger partial charge in [-0.15, -0.1) is 0 Å². The first-order valence-corrected chi connectivity index (χ1v) is 32.1. The number of fused-ring (bicyclic) bond motifs is 6. The van der Waals surface area contributed by atoms with Crippen LogP contribution in [0.2, 0.25) is 0 Å². The Morgan fingerprint density at radius 2 is 0.308 bits per heavy atom. The number of aliphatic hydroxyl groups is 3. The topological polar surface area (TPSA) is 273 Å². The van der Waals surface area contributed by atoms with Crippen molar-refractivity contribution in [2.75, 3.05) is 21.3 Å². The van der Waals surface area contributed by atoms with E-state index in [2.05, 4.69) is 30.0 Å². The largest absolute Gasteiger partial charge is 3.00 e. The molecule has 0 unspecified atom stereocenters. The van der Waals surface area contributed by atoms with Crippen molar-refractivity contribution in [1.82, 2.24) is 0 Å². The Morgan fingerprint density at radius 1 is 0.183 bits per heavy atom. The summed E-state index contributed by atoms with van der Waals surface area (Å²) in [5.74, 6) is -0.499. The molecule has 520 valence electrons. The Hall–Kier alpha value is -10.9. The zero-order chi connectivity index (χ0) is 71.7. The molecule has 0 fully saturated rings. The van der Waals surface area contributed by atoms with Crippen molar-refractivity contribution in [1.29, 1.82) is 0 Å². The third-order valence-electron chi connectivity index (χ3n) is 16.2. The number of hydrogen-bond acceptors (Lipinski definition) is 15. The molecule has 104 heavy (non-hydrogen) atoms. The van der Waals surface area contributed by atoms with Crippen LogP contribution in [0.4, 0.5) is 34.1 Å². The quantitative estimate of drug-likeness (QED) is 0.0774. The first-order valence-electron chi connectivity index (χ1n) is 32.1. The van der Waals surface area contributed by atoms with Crippen LogP contribution in [0.15, 0.2) is 321 Å². The van der Waals surface area contributed by atoms with Gasteiger partial charge < -0.3 is 46.0 Å². The van der Waals surface area contributed by atoms with E-state index >= 15 is 0 Å². The van der Waals surface area contributed by atoms with E-state index in [-0.39, 0.29) is 110 Å². The molecule has 0 radical (unpaired) electrons. The molecule has 15 nitrogen and oxygen atoms in total. The van der Waals surface area contributed by atoms with Gasteiger partial charge in [-0.25, -0.2) is 0 Å². The molecule has 0 bridgehead atoms. The van der Waals surface area contributed by atoms with Crippen molar-refractivity contribution in [3.63, 3.8) is 0 Å². The monoisotopic (exact) mass is 1670 g/mol. The molecule has 0 aliphatic heterocycles. The minimum Gasteiger partial charge on any atom is -0.872 e. The Balaban J connectivity index is 0.000000189. The molecule has 0 amide bonds. The zero-order valence-corrected chi connectivity index (χ0v) is 60.1. The first-order chi connectivity index (χ1) is 50.1. The van der Waals surface area contributed by atoms with E-state index in [1.165, 1.54) is 0 Å². The number of aliphatic imine (C=N–C) groups is 6. The van der Waals surface area contributed by atoms with Crippen LogP contribution in [0, 0.1) is 75.5 Å². The number of para-hydroxylation sites is 6. The molecular weight excluding hydrogens is 1600 g/mol. The van der Waals surface area contributed by atoms with Crippen molar-refractivity contribution < 1.29 is 121 Å². The molecular formula is C87H66Ho2N6O9. The van der Waals surface area contributed by atoms with Gasteiger partial charge in [0.1, 0.15) is 0 Å². The molecule has 15 aromatic rings. The summed E-state index contributed by atoms with van der Waals surface area (Å²) in [5.41, 5.74) is 6.93. The van der Waals surface area contributed by atoms with Crippen LogP contribution in [0.5, 0.6) is 34.5 Å². The van der Waals surface area contributed by atoms with Gasteiger partial charge in [-0.05, 0) is 134 Å². The smallest absolute Gasteiger partial charge is 0.872 e. The minimum absolute atomic E-state index is 0. The molecule has 0 aliphatic rings. The van der Waals surface area contributed by atoms with E-state index in [9.17, 15) is 30.6 Å². The standard InChI is InChI=1S/3C28H20N2O2.3CH4O.2Ho/c3*31-27-15-13-19-7-1-3-9-21(19)23(27)17-29-25-11-5-6-12-26(25)30-18-24-22-10-4-2-8-20(22)14-16-28(24)32;3*1-2;;/h3*1-18,31-32H;3*2H,1H3;;/q;;;;;;2*+3/p-6. The number of aliphatic hydroxyl groups excluding tert-OH is 3. The molecule has 3 N–H and O–H groups in total. The van der Waals surface area contributed by atoms with Crippen molar-refractivity contribution in [2.45, 2.75) is 0 Å². The van der Waals surface area contributed by atoms with Crippen molar-refractivity contribution in [3.8, 4) is 34.5 Å². The van der Waals surface area contributed by atoms with E-state index in [0.29, 0.717) is 67.5 Å². The third kappa shape index (κ3) is 19.2. The zero-order valence-electron chi connectivity index (χ0n) is 56.3. The van der Waals surface area contributed by atoms with Crippen LogP contribution in [0.3, 0.4) is 0 Å². The maximum absolute atomic E-state index is 12.5. The summed E-state index contributed by atoms with van der Waals surface area (Å²) in [7, 11) is 3.00. The maximum atomic E-state index is 12.5. The fourth-order valence-corrected chi connectivity index (χ4v) is 11.3. The molecule has 15 aromatic carbocycles. The molecule has 15 rings (SSSR count). The first kappa shape index (κ1) is 78.8. The predicted octanol–water partition coefficient (Wildman–Crippen LogP) is 15.7. The third-order valence-corrected chi connectivity index (χ3v) is 16.2. The van der Waals surface area contributed by atoms with E-state index < -0.39 is 0 Å². The molecule has 0 saturated heterocycles. The normalized spacial score (nSPS) is 11.0. The van der Waals surface area contributed by atoms with Gasteiger partial charge in [0, 0.05) is 58.6 Å². The summed E-state index contributed by atoms with van der Waals surface area (Å²) in [6, 6.07) is 88.8. The Labute approximate surface area is 661 Å². The fourth-order valence-electron chi connectivity index (χ4n) is 11.3. The Bertz CT molecular complexity index is 4740. The van der Waals surface area contributed by atoms with E-state index in [1.54, 1.807) is 73.7 Å². The Kier molecular flexibility index (Phi) is 29.9. The van der Waals surface area contributed by atoms with Gasteiger partial charge in [-0.2, -0.15) is 0 Å². The number of benzene rings is 15. The van der Waals surface area contributed by atoms with Gasteiger partial charge >= 0.3 is 75.5 Å². The van der Waals surface area contributed by atoms with Crippen molar-refractivity contribution >= 4 is 136 Å². The predicted molar refractivity (Wildman–Crippen MR) is 408 cm³/mol. The van der Waals surface area contributed by atoms with Crippen LogP contribution >= 0.6 is 0 Å². The Morgan fingerprint density at radius 3 is 0.452 bits per heavy atom. The molecule has 0 saturated carbocycles. The van der Waals surface area contributed by atoms with Gasteiger partial charge in [0.2, 0.25) is 0 Å². The van der Waals surface area contributed by atoms with Gasteiger partial charge in [-0.1, -0.05) is 289 Å². The van der Waals surface area contributed by atoms with E-state index in [0.717, 1.165) is 86.0 Å². The van der Waals surface area contributed by atoms with Gasteiger partial charge in [0.25, 0.3) is 0 Å². The average molecular weight is 1670 g/mol. The number of rotatable bonds is 12. The molecule has 0 aliphatic carbocycles. The van der Waals surface area contributed by atoms with Crippen LogP contribution in [0.1, 0.15) is 33.4 Å². The maximum Gasteiger partial charge on any atom is 3.00 e. The summed E-state index contributed by atoms with van der Waals surface area (Å²) < 4.78 is 0. The van der Waals surface area contributed by atoms with Crippen molar-refractivity contribution in [3.05, 3.63) is 325 Å². The van der Waals surface area contributed by atoms with E-state index in [4.69, 9.17) is 15.3 Å². The molecule has 0 spiro atoms. The second-order valence-electron chi connectivity index (χ2n) is 22.2. The second kappa shape index (κ2) is 39.5. The van der Waals surface area contributed by atoms with Gasteiger partial charge in [-0.3, -0.25) is 30.0 Å². The summed E-state index contributed by atoms with van der Waals surface area (Å²) >= 11 is 0. The summed E-state index contributed by atoms with van der Waals surface area (Å²) in [6.07, 6.45) is 9.56. The van der Waals surface area contributed by atoms with Crippen LogP contribution in [-0.4, -0.2) is 73.9 Å². The summed E-state index contributed by atoms with van der Waals surface area (Å²) in [4.78, 5) is 27.4. The SMILES string of the molecule is CO.CO.CO.[Ho+3].[Ho+3].[O-]c1ccc2ccccc2c1C=Nc1ccccc1N=Cc1c([O-])ccc2ccccc12.[O-]c1ccc2ccccc2c1C=Nc1ccccc1N=Cc1c([O-])ccc2ccccc12.[O-]c1ccc2ccccc2c1C=Nc1ccccc1N=Cc1c([O-])ccc2ccccc12. The average Bonchev–Trinajstić information content (AvgIpc) is 0.839. The van der Waals surface area contributed by atoms with Crippen molar-refractivity contribution in [2.24, 2.45) is 30.0 Å². The molecule has 17 heteroatoms. The molecule has 0 aromatic heterocycles. The minimum atomic E-state index is -0.0832. The van der Waals surface area contributed by atoms with Crippen LogP contribution in [-0.2, 0) is 0 Å². The van der Waals surface area contributed by atoms with Crippen LogP contribution < -0.4 is 30.6 Å². The van der Waals surface area contributed by atoms with Crippen LogP contribution in [0.25, 0.3) is 64.6 Å². The second-order valence-corrected chi connectivity index (χ2v) is 22.2.